The number of aliphatic hydroxyl groups is 1. The fourth-order valence-electron chi connectivity index (χ4n) is 2.64. The van der Waals surface area contributed by atoms with Gasteiger partial charge in [-0.05, 0) is 42.4 Å². The summed E-state index contributed by atoms with van der Waals surface area (Å²) < 4.78 is 5.18. The van der Waals surface area contributed by atoms with Crippen LogP contribution in [0.4, 0.5) is 0 Å². The summed E-state index contributed by atoms with van der Waals surface area (Å²) in [4.78, 5) is 0. The summed E-state index contributed by atoms with van der Waals surface area (Å²) in [6.07, 6.45) is 3.18. The summed E-state index contributed by atoms with van der Waals surface area (Å²) in [6.45, 7) is 2.26. The van der Waals surface area contributed by atoms with Crippen LogP contribution in [-0.4, -0.2) is 12.2 Å². The van der Waals surface area contributed by atoms with Crippen molar-refractivity contribution in [3.63, 3.8) is 0 Å². The molecule has 0 bridgehead atoms. The highest BCUT2D eigenvalue weighted by Gasteiger charge is 2.28. The van der Waals surface area contributed by atoms with E-state index < -0.39 is 0 Å². The third-order valence-corrected chi connectivity index (χ3v) is 3.62. The summed E-state index contributed by atoms with van der Waals surface area (Å²) in [5, 5.41) is 10.3. The highest BCUT2D eigenvalue weighted by Crippen LogP contribution is 2.39. The molecule has 1 aromatic rings. The van der Waals surface area contributed by atoms with Crippen molar-refractivity contribution in [2.75, 3.05) is 7.11 Å². The van der Waals surface area contributed by atoms with E-state index in [9.17, 15) is 5.11 Å². The molecule has 1 N–H and O–H groups in total. The number of ether oxygens (including phenoxy) is 1. The second-order valence-electron chi connectivity index (χ2n) is 4.90. The van der Waals surface area contributed by atoms with Crippen molar-refractivity contribution in [2.24, 2.45) is 11.8 Å². The molecule has 1 aromatic carbocycles. The predicted octanol–water partition coefficient (Wildman–Crippen LogP) is 3.16. The van der Waals surface area contributed by atoms with E-state index in [0.717, 1.165) is 30.1 Å². The summed E-state index contributed by atoms with van der Waals surface area (Å²) in [5.41, 5.74) is 0.985. The molecule has 0 heterocycles. The number of methoxy groups -OCH3 is 1. The Labute approximate surface area is 97.3 Å². The van der Waals surface area contributed by atoms with Crippen LogP contribution in [0, 0.1) is 11.8 Å². The smallest absolute Gasteiger partial charge is 0.119 e. The average Bonchev–Trinajstić information content (AvgIpc) is 2.75. The second kappa shape index (κ2) is 4.88. The molecule has 1 aliphatic carbocycles. The molecule has 1 aliphatic rings. The van der Waals surface area contributed by atoms with Gasteiger partial charge in [-0.1, -0.05) is 25.5 Å². The first kappa shape index (κ1) is 11.5. The fourth-order valence-corrected chi connectivity index (χ4v) is 2.64. The lowest BCUT2D eigenvalue weighted by Gasteiger charge is -2.18. The molecule has 0 radical (unpaired) electrons. The highest BCUT2D eigenvalue weighted by atomic mass is 16.5. The Morgan fingerprint density at radius 2 is 2.19 bits per heavy atom. The van der Waals surface area contributed by atoms with Gasteiger partial charge in [0, 0.05) is 0 Å². The molecule has 1 saturated carbocycles. The van der Waals surface area contributed by atoms with E-state index in [1.54, 1.807) is 7.11 Å². The van der Waals surface area contributed by atoms with Gasteiger partial charge < -0.3 is 9.84 Å². The first-order valence-corrected chi connectivity index (χ1v) is 6.02. The van der Waals surface area contributed by atoms with Crippen molar-refractivity contribution in [1.29, 1.82) is 0 Å². The minimum atomic E-state index is -0.333. The van der Waals surface area contributed by atoms with Gasteiger partial charge in [-0.3, -0.25) is 0 Å². The number of hydrogen-bond donors (Lipinski definition) is 1. The molecule has 2 nitrogen and oxygen atoms in total. The van der Waals surface area contributed by atoms with Crippen molar-refractivity contribution in [3.8, 4) is 5.75 Å². The summed E-state index contributed by atoms with van der Waals surface area (Å²) in [5.74, 6) is 2.00. The minimum absolute atomic E-state index is 0.333. The predicted molar refractivity (Wildman–Crippen MR) is 64.5 cm³/mol. The highest BCUT2D eigenvalue weighted by molar-refractivity contribution is 5.30. The van der Waals surface area contributed by atoms with E-state index in [4.69, 9.17) is 4.74 Å². The van der Waals surface area contributed by atoms with Crippen LogP contribution in [0.5, 0.6) is 5.75 Å². The Balaban J connectivity index is 2.10. The molecule has 0 aromatic heterocycles. The zero-order chi connectivity index (χ0) is 11.5. The van der Waals surface area contributed by atoms with Gasteiger partial charge in [-0.25, -0.2) is 0 Å². The topological polar surface area (TPSA) is 29.5 Å². The van der Waals surface area contributed by atoms with E-state index in [-0.39, 0.29) is 6.10 Å². The van der Waals surface area contributed by atoms with Crippen molar-refractivity contribution in [2.45, 2.75) is 32.3 Å². The first-order chi connectivity index (χ1) is 7.70. The van der Waals surface area contributed by atoms with Crippen LogP contribution in [0.1, 0.15) is 37.9 Å². The van der Waals surface area contributed by atoms with Gasteiger partial charge in [0.2, 0.25) is 0 Å². The number of benzene rings is 1. The lowest BCUT2D eigenvalue weighted by molar-refractivity contribution is 0.109. The fraction of sp³-hybridized carbons (Fsp3) is 0.571. The van der Waals surface area contributed by atoms with Crippen LogP contribution in [0.3, 0.4) is 0 Å². The van der Waals surface area contributed by atoms with Gasteiger partial charge in [0.05, 0.1) is 13.2 Å². The first-order valence-electron chi connectivity index (χ1n) is 6.02. The lowest BCUT2D eigenvalue weighted by Crippen LogP contribution is -2.09. The summed E-state index contributed by atoms with van der Waals surface area (Å²) in [6, 6.07) is 7.77. The van der Waals surface area contributed by atoms with E-state index in [2.05, 4.69) is 6.92 Å². The molecule has 0 amide bonds. The third kappa shape index (κ3) is 2.38. The Morgan fingerprint density at radius 1 is 1.38 bits per heavy atom. The Bertz CT molecular complexity index is 348. The lowest BCUT2D eigenvalue weighted by atomic mass is 9.93. The van der Waals surface area contributed by atoms with Crippen LogP contribution in [0.15, 0.2) is 24.3 Å². The van der Waals surface area contributed by atoms with Crippen LogP contribution in [-0.2, 0) is 0 Å². The molecule has 3 atom stereocenters. The van der Waals surface area contributed by atoms with Crippen LogP contribution >= 0.6 is 0 Å². The van der Waals surface area contributed by atoms with E-state index in [0.29, 0.717) is 5.92 Å². The van der Waals surface area contributed by atoms with Gasteiger partial charge in [0.15, 0.2) is 0 Å². The summed E-state index contributed by atoms with van der Waals surface area (Å²) >= 11 is 0. The SMILES string of the molecule is COc1cccc(C(O)C2CCC(C)C2)c1. The number of hydrogen-bond acceptors (Lipinski definition) is 2. The van der Waals surface area contributed by atoms with Crippen LogP contribution in [0.25, 0.3) is 0 Å². The van der Waals surface area contributed by atoms with Crippen LogP contribution < -0.4 is 4.74 Å². The number of rotatable bonds is 3. The molecule has 88 valence electrons. The standard InChI is InChI=1S/C14H20O2/c1-10-6-7-12(8-10)14(15)11-4-3-5-13(9-11)16-2/h3-5,9-10,12,14-15H,6-8H2,1-2H3. The third-order valence-electron chi connectivity index (χ3n) is 3.62. The maximum atomic E-state index is 10.3. The monoisotopic (exact) mass is 220 g/mol. The average molecular weight is 220 g/mol. The number of aliphatic hydroxyl groups excluding tert-OH is 1. The van der Waals surface area contributed by atoms with Gasteiger partial charge in [0.1, 0.15) is 5.75 Å². The molecular weight excluding hydrogens is 200 g/mol. The minimum Gasteiger partial charge on any atom is -0.497 e. The molecule has 0 saturated heterocycles. The normalized spacial score (nSPS) is 26.7. The maximum absolute atomic E-state index is 10.3. The molecule has 16 heavy (non-hydrogen) atoms. The van der Waals surface area contributed by atoms with Crippen molar-refractivity contribution in [1.82, 2.24) is 0 Å². The van der Waals surface area contributed by atoms with Gasteiger partial charge in [-0.15, -0.1) is 0 Å². The van der Waals surface area contributed by atoms with Gasteiger partial charge in [-0.2, -0.15) is 0 Å². The molecule has 3 unspecified atom stereocenters. The molecule has 0 aliphatic heterocycles. The molecular formula is C14H20O2. The van der Waals surface area contributed by atoms with Crippen LogP contribution in [0.2, 0.25) is 0 Å². The maximum Gasteiger partial charge on any atom is 0.119 e. The van der Waals surface area contributed by atoms with Crippen molar-refractivity contribution < 1.29 is 9.84 Å². The van der Waals surface area contributed by atoms with E-state index in [1.807, 2.05) is 24.3 Å². The Morgan fingerprint density at radius 3 is 2.81 bits per heavy atom. The van der Waals surface area contributed by atoms with Gasteiger partial charge >= 0.3 is 0 Å². The largest absolute Gasteiger partial charge is 0.497 e. The van der Waals surface area contributed by atoms with E-state index >= 15 is 0 Å². The van der Waals surface area contributed by atoms with Crippen molar-refractivity contribution >= 4 is 0 Å². The second-order valence-corrected chi connectivity index (χ2v) is 4.90. The molecule has 0 spiro atoms. The summed E-state index contributed by atoms with van der Waals surface area (Å²) in [7, 11) is 1.66. The van der Waals surface area contributed by atoms with E-state index in [1.165, 1.54) is 6.42 Å². The molecule has 2 rings (SSSR count). The van der Waals surface area contributed by atoms with Gasteiger partial charge in [0.25, 0.3) is 0 Å². The quantitative estimate of drug-likeness (QED) is 0.847. The molecule has 2 heteroatoms. The Kier molecular flexibility index (Phi) is 3.49. The Hall–Kier alpha value is -1.02. The van der Waals surface area contributed by atoms with Crippen molar-refractivity contribution in [3.05, 3.63) is 29.8 Å². The zero-order valence-electron chi connectivity index (χ0n) is 10.0. The zero-order valence-corrected chi connectivity index (χ0v) is 10.0. The molecule has 1 fully saturated rings.